The molecule has 0 spiro atoms. The summed E-state index contributed by atoms with van der Waals surface area (Å²) >= 11 is 1.67. The number of rotatable bonds is 2. The second-order valence-corrected chi connectivity index (χ2v) is 7.68. The Morgan fingerprint density at radius 2 is 1.88 bits per heavy atom. The van der Waals surface area contributed by atoms with E-state index >= 15 is 0 Å². The summed E-state index contributed by atoms with van der Waals surface area (Å²) in [5.41, 5.74) is 3.87. The molecular weight excluding hydrogens is 344 g/mol. The van der Waals surface area contributed by atoms with Crippen LogP contribution in [0.2, 0.25) is 0 Å². The smallest absolute Gasteiger partial charge is 0.163 e. The predicted molar refractivity (Wildman–Crippen MR) is 103 cm³/mol. The SMILES string of the molecule is O=C1CC(c2ccco2)CC2=C1C(c1cccs1)Nc1ccccc1N2. The lowest BCUT2D eigenvalue weighted by Gasteiger charge is -2.28. The largest absolute Gasteiger partial charge is 0.469 e. The molecule has 3 aromatic rings. The zero-order valence-corrected chi connectivity index (χ0v) is 14.9. The van der Waals surface area contributed by atoms with E-state index in [1.165, 1.54) is 0 Å². The lowest BCUT2D eigenvalue weighted by molar-refractivity contribution is -0.116. The number of nitrogens with one attached hydrogen (secondary N) is 2. The molecule has 2 aromatic heterocycles. The van der Waals surface area contributed by atoms with Gasteiger partial charge in [-0.15, -0.1) is 11.3 Å². The van der Waals surface area contributed by atoms with E-state index in [0.717, 1.165) is 39.7 Å². The fraction of sp³-hybridized carbons (Fsp3) is 0.190. The molecule has 1 aliphatic heterocycles. The molecule has 4 nitrogen and oxygen atoms in total. The fourth-order valence-corrected chi connectivity index (χ4v) is 4.67. The van der Waals surface area contributed by atoms with Gasteiger partial charge in [-0.25, -0.2) is 0 Å². The number of Topliss-reactive ketones (excluding diaryl/α,β-unsaturated/α-hetero) is 1. The van der Waals surface area contributed by atoms with E-state index in [9.17, 15) is 4.79 Å². The van der Waals surface area contributed by atoms with Crippen LogP contribution in [0.4, 0.5) is 11.4 Å². The molecule has 130 valence electrons. The highest BCUT2D eigenvalue weighted by molar-refractivity contribution is 7.10. The minimum atomic E-state index is -0.119. The first kappa shape index (κ1) is 15.5. The number of furan rings is 1. The Hall–Kier alpha value is -2.79. The number of fused-ring (bicyclic) bond motifs is 1. The van der Waals surface area contributed by atoms with Crippen molar-refractivity contribution in [3.63, 3.8) is 0 Å². The Bertz CT molecular complexity index is 973. The van der Waals surface area contributed by atoms with Gasteiger partial charge >= 0.3 is 0 Å². The van der Waals surface area contributed by atoms with Crippen molar-refractivity contribution in [1.29, 1.82) is 0 Å². The molecule has 5 rings (SSSR count). The van der Waals surface area contributed by atoms with E-state index in [0.29, 0.717) is 6.42 Å². The van der Waals surface area contributed by atoms with Gasteiger partial charge in [0, 0.05) is 28.5 Å². The maximum atomic E-state index is 13.2. The maximum absolute atomic E-state index is 13.2. The number of thiophene rings is 1. The molecule has 1 aromatic carbocycles. The highest BCUT2D eigenvalue weighted by atomic mass is 32.1. The zero-order chi connectivity index (χ0) is 17.5. The summed E-state index contributed by atoms with van der Waals surface area (Å²) in [5, 5.41) is 9.18. The van der Waals surface area contributed by atoms with Crippen molar-refractivity contribution in [3.8, 4) is 0 Å². The Morgan fingerprint density at radius 1 is 1.00 bits per heavy atom. The van der Waals surface area contributed by atoms with Gasteiger partial charge in [-0.1, -0.05) is 18.2 Å². The Morgan fingerprint density at radius 3 is 2.65 bits per heavy atom. The van der Waals surface area contributed by atoms with Gasteiger partial charge in [-0.05, 0) is 42.1 Å². The second-order valence-electron chi connectivity index (χ2n) is 6.70. The van der Waals surface area contributed by atoms with Crippen LogP contribution in [-0.4, -0.2) is 5.78 Å². The monoisotopic (exact) mass is 362 g/mol. The van der Waals surface area contributed by atoms with Crippen molar-refractivity contribution in [3.05, 3.63) is 82.1 Å². The van der Waals surface area contributed by atoms with Crippen LogP contribution < -0.4 is 10.6 Å². The van der Waals surface area contributed by atoms with Gasteiger partial charge in [0.05, 0.1) is 23.7 Å². The maximum Gasteiger partial charge on any atom is 0.163 e. The summed E-state index contributed by atoms with van der Waals surface area (Å²) in [6.45, 7) is 0. The van der Waals surface area contributed by atoms with Gasteiger partial charge < -0.3 is 15.1 Å². The number of carbonyl (C=O) groups excluding carboxylic acids is 1. The van der Waals surface area contributed by atoms with Gasteiger partial charge in [0.25, 0.3) is 0 Å². The third kappa shape index (κ3) is 2.56. The normalized spacial score (nSPS) is 22.1. The summed E-state index contributed by atoms with van der Waals surface area (Å²) in [6, 6.07) is 16.0. The van der Waals surface area contributed by atoms with E-state index in [1.807, 2.05) is 36.4 Å². The van der Waals surface area contributed by atoms with Crippen molar-refractivity contribution < 1.29 is 9.21 Å². The molecule has 2 aliphatic rings. The van der Waals surface area contributed by atoms with E-state index in [1.54, 1.807) is 17.6 Å². The van der Waals surface area contributed by atoms with Crippen molar-refractivity contribution in [2.75, 3.05) is 10.6 Å². The molecule has 0 saturated heterocycles. The number of carbonyl (C=O) groups is 1. The molecular formula is C21H18N2O2S. The number of hydrogen-bond donors (Lipinski definition) is 2. The Balaban J connectivity index is 1.62. The first-order chi connectivity index (χ1) is 12.8. The second kappa shape index (κ2) is 6.18. The molecule has 1 aliphatic carbocycles. The number of anilines is 2. The summed E-state index contributed by atoms with van der Waals surface area (Å²) in [5.74, 6) is 1.14. The summed E-state index contributed by atoms with van der Waals surface area (Å²) in [4.78, 5) is 14.3. The third-order valence-corrected chi connectivity index (χ3v) is 6.02. The predicted octanol–water partition coefficient (Wildman–Crippen LogP) is 5.32. The molecule has 2 unspecified atom stereocenters. The average Bonchev–Trinajstić information content (AvgIpc) is 3.33. The van der Waals surface area contributed by atoms with E-state index in [4.69, 9.17) is 4.42 Å². The quantitative estimate of drug-likeness (QED) is 0.648. The van der Waals surface area contributed by atoms with Crippen molar-refractivity contribution >= 4 is 28.5 Å². The summed E-state index contributed by atoms with van der Waals surface area (Å²) < 4.78 is 5.58. The molecule has 0 saturated carbocycles. The van der Waals surface area contributed by atoms with Crippen molar-refractivity contribution in [2.45, 2.75) is 24.8 Å². The minimum Gasteiger partial charge on any atom is -0.469 e. The van der Waals surface area contributed by atoms with Crippen LogP contribution in [0.15, 0.2) is 75.9 Å². The summed E-state index contributed by atoms with van der Waals surface area (Å²) in [7, 11) is 0. The topological polar surface area (TPSA) is 54.3 Å². The molecule has 3 heterocycles. The van der Waals surface area contributed by atoms with Crippen LogP contribution in [-0.2, 0) is 4.79 Å². The highest BCUT2D eigenvalue weighted by Gasteiger charge is 2.37. The summed E-state index contributed by atoms with van der Waals surface area (Å²) in [6.07, 6.45) is 2.93. The molecule has 2 atom stereocenters. The lowest BCUT2D eigenvalue weighted by atomic mass is 9.81. The lowest BCUT2D eigenvalue weighted by Crippen LogP contribution is -2.26. The third-order valence-electron chi connectivity index (χ3n) is 5.08. The number of hydrogen-bond acceptors (Lipinski definition) is 5. The van der Waals surface area contributed by atoms with Gasteiger partial charge in [0.2, 0.25) is 0 Å². The van der Waals surface area contributed by atoms with Crippen LogP contribution in [0.1, 0.15) is 35.4 Å². The average molecular weight is 362 g/mol. The molecule has 0 fully saturated rings. The molecule has 26 heavy (non-hydrogen) atoms. The number of ketones is 1. The van der Waals surface area contributed by atoms with Crippen molar-refractivity contribution in [2.24, 2.45) is 0 Å². The van der Waals surface area contributed by atoms with Gasteiger partial charge in [-0.3, -0.25) is 4.79 Å². The fourth-order valence-electron chi connectivity index (χ4n) is 3.89. The minimum absolute atomic E-state index is 0.0815. The zero-order valence-electron chi connectivity index (χ0n) is 14.1. The van der Waals surface area contributed by atoms with Gasteiger partial charge in [0.1, 0.15) is 5.76 Å². The number of benzene rings is 1. The van der Waals surface area contributed by atoms with E-state index < -0.39 is 0 Å². The molecule has 0 amide bonds. The Labute approximate surface area is 155 Å². The van der Waals surface area contributed by atoms with Crippen LogP contribution in [0, 0.1) is 0 Å². The molecule has 2 N–H and O–H groups in total. The van der Waals surface area contributed by atoms with E-state index in [2.05, 4.69) is 28.1 Å². The first-order valence-electron chi connectivity index (χ1n) is 8.75. The first-order valence-corrected chi connectivity index (χ1v) is 9.63. The van der Waals surface area contributed by atoms with Gasteiger partial charge in [-0.2, -0.15) is 0 Å². The molecule has 0 radical (unpaired) electrons. The van der Waals surface area contributed by atoms with Crippen LogP contribution in [0.3, 0.4) is 0 Å². The number of para-hydroxylation sites is 2. The molecule has 5 heteroatoms. The van der Waals surface area contributed by atoms with Crippen LogP contribution in [0.25, 0.3) is 0 Å². The van der Waals surface area contributed by atoms with E-state index in [-0.39, 0.29) is 17.7 Å². The highest BCUT2D eigenvalue weighted by Crippen LogP contribution is 2.44. The van der Waals surface area contributed by atoms with Crippen molar-refractivity contribution in [1.82, 2.24) is 0 Å². The Kier molecular flexibility index (Phi) is 3.68. The van der Waals surface area contributed by atoms with Crippen LogP contribution >= 0.6 is 11.3 Å². The van der Waals surface area contributed by atoms with Crippen LogP contribution in [0.5, 0.6) is 0 Å². The number of allylic oxidation sites excluding steroid dienone is 1. The molecule has 0 bridgehead atoms. The van der Waals surface area contributed by atoms with Gasteiger partial charge in [0.15, 0.2) is 5.78 Å². The standard InChI is InChI=1S/C21H18N2O2S/c24-17-12-13(18-7-3-9-25-18)11-16-20(17)21(19-8-4-10-26-19)23-15-6-2-1-5-14(15)22-16/h1-10,13,21-23H,11-12H2.